The van der Waals surface area contributed by atoms with Crippen LogP contribution in [-0.2, 0) is 0 Å². The van der Waals surface area contributed by atoms with Gasteiger partial charge in [-0.15, -0.1) is 11.3 Å². The molecule has 15 aromatic carbocycles. The highest BCUT2D eigenvalue weighted by molar-refractivity contribution is 7.27. The number of nitrogens with zero attached hydrogens (tertiary/aromatic N) is 4. The van der Waals surface area contributed by atoms with Crippen molar-refractivity contribution >= 4 is 124 Å². The van der Waals surface area contributed by atoms with Crippen molar-refractivity contribution in [3.63, 3.8) is 0 Å². The second kappa shape index (κ2) is 20.6. The van der Waals surface area contributed by atoms with Crippen LogP contribution in [0.2, 0.25) is 0 Å². The van der Waals surface area contributed by atoms with Gasteiger partial charge in [0.1, 0.15) is 0 Å². The van der Waals surface area contributed by atoms with Crippen molar-refractivity contribution in [2.24, 2.45) is 0 Å². The Morgan fingerprint density at radius 1 is 0.258 bits per heavy atom. The number of rotatable bonds is 9. The monoisotopic (exact) mass is 1150 g/mol. The zero-order valence-corrected chi connectivity index (χ0v) is 49.0. The predicted octanol–water partition coefficient (Wildman–Crippen LogP) is 23.5. The Labute approximate surface area is 517 Å². The third-order valence-corrected chi connectivity index (χ3v) is 19.3. The Hall–Kier alpha value is -11.5. The highest BCUT2D eigenvalue weighted by atomic mass is 32.1. The van der Waals surface area contributed by atoms with Gasteiger partial charge in [-0.2, -0.15) is 0 Å². The molecule has 414 valence electrons. The Kier molecular flexibility index (Phi) is 11.8. The van der Waals surface area contributed by atoms with Crippen molar-refractivity contribution in [1.82, 2.24) is 14.5 Å². The van der Waals surface area contributed by atoms with Gasteiger partial charge in [0.25, 0.3) is 0 Å². The van der Waals surface area contributed by atoms with E-state index in [1.54, 1.807) is 0 Å². The van der Waals surface area contributed by atoms with Gasteiger partial charge < -0.3 is 4.90 Å². The van der Waals surface area contributed by atoms with E-state index in [-0.39, 0.29) is 0 Å². The van der Waals surface area contributed by atoms with Gasteiger partial charge in [0.2, 0.25) is 5.95 Å². The lowest BCUT2D eigenvalue weighted by Crippen LogP contribution is -2.09. The lowest BCUT2D eigenvalue weighted by molar-refractivity contribution is 1.00. The van der Waals surface area contributed by atoms with Crippen LogP contribution in [0.15, 0.2) is 315 Å². The first kappa shape index (κ1) is 50.8. The molecule has 0 bridgehead atoms. The number of thiophene rings is 1. The normalized spacial score (nSPS) is 11.8. The van der Waals surface area contributed by atoms with Gasteiger partial charge in [0.05, 0.1) is 27.1 Å². The van der Waals surface area contributed by atoms with Gasteiger partial charge in [0.15, 0.2) is 0 Å². The summed E-state index contributed by atoms with van der Waals surface area (Å²) in [6, 6.07) is 115. The average molecular weight is 1150 g/mol. The number of anilines is 3. The molecule has 0 atom stereocenters. The topological polar surface area (TPSA) is 34.0 Å². The predicted molar refractivity (Wildman–Crippen MR) is 379 cm³/mol. The van der Waals surface area contributed by atoms with Crippen molar-refractivity contribution in [2.75, 3.05) is 4.90 Å². The number of benzene rings is 15. The largest absolute Gasteiger partial charge is 0.310 e. The van der Waals surface area contributed by atoms with Crippen LogP contribution in [0.1, 0.15) is 0 Å². The minimum Gasteiger partial charge on any atom is -0.310 e. The summed E-state index contributed by atoms with van der Waals surface area (Å²) >= 11 is 1.87. The molecule has 0 radical (unpaired) electrons. The summed E-state index contributed by atoms with van der Waals surface area (Å²) in [5.41, 5.74) is 16.2. The third-order valence-electron chi connectivity index (χ3n) is 18.1. The second-order valence-corrected chi connectivity index (χ2v) is 24.2. The fourth-order valence-corrected chi connectivity index (χ4v) is 15.3. The van der Waals surface area contributed by atoms with E-state index in [4.69, 9.17) is 9.97 Å². The van der Waals surface area contributed by atoms with Gasteiger partial charge in [-0.3, -0.25) is 4.57 Å². The van der Waals surface area contributed by atoms with E-state index < -0.39 is 0 Å². The van der Waals surface area contributed by atoms with E-state index in [0.29, 0.717) is 5.95 Å². The minimum absolute atomic E-state index is 0.615. The molecule has 18 rings (SSSR count). The van der Waals surface area contributed by atoms with Crippen LogP contribution in [0.25, 0.3) is 158 Å². The summed E-state index contributed by atoms with van der Waals surface area (Å²) in [6.45, 7) is 0. The molecule has 4 nitrogen and oxygen atoms in total. The Morgan fingerprint density at radius 2 is 0.685 bits per heavy atom. The molecule has 0 N–H and O–H groups in total. The van der Waals surface area contributed by atoms with Crippen molar-refractivity contribution in [3.05, 3.63) is 315 Å². The van der Waals surface area contributed by atoms with E-state index in [0.717, 1.165) is 72.7 Å². The van der Waals surface area contributed by atoms with Gasteiger partial charge in [-0.1, -0.05) is 255 Å². The summed E-state index contributed by atoms with van der Waals surface area (Å²) in [5, 5.41) is 16.8. The number of hydrogen-bond acceptors (Lipinski definition) is 4. The summed E-state index contributed by atoms with van der Waals surface area (Å²) in [7, 11) is 0. The van der Waals surface area contributed by atoms with Crippen LogP contribution in [0.5, 0.6) is 0 Å². The van der Waals surface area contributed by atoms with Crippen LogP contribution in [0, 0.1) is 0 Å². The van der Waals surface area contributed by atoms with Gasteiger partial charge in [0, 0.05) is 59.8 Å². The fraction of sp³-hybridized carbons (Fsp3) is 0. The summed E-state index contributed by atoms with van der Waals surface area (Å²) in [5.74, 6) is 0.615. The van der Waals surface area contributed by atoms with E-state index in [1.165, 1.54) is 96.1 Å². The number of fused-ring (bicyclic) bond motifs is 18. The first-order chi connectivity index (χ1) is 44.1. The maximum atomic E-state index is 5.84. The Balaban J connectivity index is 0.903. The summed E-state index contributed by atoms with van der Waals surface area (Å²) in [6.07, 6.45) is 0. The minimum atomic E-state index is 0.615. The molecule has 18 aromatic rings. The molecule has 3 aromatic heterocycles. The average Bonchev–Trinajstić information content (AvgIpc) is 1.55. The van der Waals surface area contributed by atoms with Crippen LogP contribution in [0.3, 0.4) is 0 Å². The summed E-state index contributed by atoms with van der Waals surface area (Å²) < 4.78 is 4.87. The molecule has 0 saturated heterocycles. The van der Waals surface area contributed by atoms with E-state index in [2.05, 4.69) is 325 Å². The zero-order valence-electron chi connectivity index (χ0n) is 48.2. The maximum absolute atomic E-state index is 5.84. The standard InChI is InChI=1S/C84H52N4S/c1-5-20-53(21-6-1)55-36-38-56(39-37-55)75-52-76(62-25-19-24-57(49-62)54-22-7-2-8-23-54)86-84(85-75)88-81-74(47-46-72-68-32-14-13-30-66(68)67-31-15-16-33-69(67)78(72)81)79-70-34-17-18-35-71(70)80-73-45-43-61(51-77(73)89-83(80)82(79)88)58-40-41-60-50-65(44-42-59(60)48-58)87(63-26-9-3-10-27-63)64-28-11-4-12-29-64/h1-52H. The first-order valence-corrected chi connectivity index (χ1v) is 31.2. The lowest BCUT2D eigenvalue weighted by Gasteiger charge is -2.25. The van der Waals surface area contributed by atoms with E-state index in [9.17, 15) is 0 Å². The molecular formula is C84H52N4S. The third kappa shape index (κ3) is 8.35. The Morgan fingerprint density at radius 3 is 1.36 bits per heavy atom. The lowest BCUT2D eigenvalue weighted by atomic mass is 9.92. The molecule has 0 spiro atoms. The van der Waals surface area contributed by atoms with Gasteiger partial charge >= 0.3 is 0 Å². The molecule has 0 fully saturated rings. The van der Waals surface area contributed by atoms with Crippen molar-refractivity contribution in [1.29, 1.82) is 0 Å². The fourth-order valence-electron chi connectivity index (χ4n) is 14.0. The van der Waals surface area contributed by atoms with E-state index >= 15 is 0 Å². The molecular weight excluding hydrogens is 1100 g/mol. The number of aromatic nitrogens is 3. The molecule has 89 heavy (non-hydrogen) atoms. The first-order valence-electron chi connectivity index (χ1n) is 30.4. The number of para-hydroxylation sites is 2. The van der Waals surface area contributed by atoms with Crippen molar-refractivity contribution < 1.29 is 0 Å². The Bertz CT molecular complexity index is 5760. The van der Waals surface area contributed by atoms with Crippen LogP contribution < -0.4 is 4.90 Å². The maximum Gasteiger partial charge on any atom is 0.235 e. The zero-order chi connectivity index (χ0) is 58.5. The molecule has 0 unspecified atom stereocenters. The smallest absolute Gasteiger partial charge is 0.235 e. The molecule has 3 heterocycles. The number of hydrogen-bond donors (Lipinski definition) is 0. The van der Waals surface area contributed by atoms with Crippen LogP contribution in [-0.4, -0.2) is 14.5 Å². The van der Waals surface area contributed by atoms with Gasteiger partial charge in [-0.05, 0) is 143 Å². The second-order valence-electron chi connectivity index (χ2n) is 23.2. The highest BCUT2D eigenvalue weighted by Crippen LogP contribution is 2.51. The molecule has 0 aliphatic rings. The van der Waals surface area contributed by atoms with Crippen LogP contribution in [0.4, 0.5) is 17.1 Å². The quantitative estimate of drug-likeness (QED) is 0.135. The molecule has 0 amide bonds. The summed E-state index contributed by atoms with van der Waals surface area (Å²) in [4.78, 5) is 14.0. The molecule has 0 saturated carbocycles. The van der Waals surface area contributed by atoms with Crippen molar-refractivity contribution in [2.45, 2.75) is 0 Å². The molecule has 0 aliphatic heterocycles. The highest BCUT2D eigenvalue weighted by Gasteiger charge is 2.27. The van der Waals surface area contributed by atoms with Crippen molar-refractivity contribution in [3.8, 4) is 61.8 Å². The van der Waals surface area contributed by atoms with Gasteiger partial charge in [-0.25, -0.2) is 9.97 Å². The molecule has 0 aliphatic carbocycles. The molecule has 5 heteroatoms. The van der Waals surface area contributed by atoms with E-state index in [1.807, 2.05) is 11.3 Å². The van der Waals surface area contributed by atoms with Crippen LogP contribution >= 0.6 is 11.3 Å². The SMILES string of the molecule is c1ccc(-c2ccc(-c3cc(-c4cccc(-c5ccccc5)c4)nc(-n4c5c(ccc6c7ccccc7c7ccccc7c65)c5c6ccccc6c6c7ccc(-c8ccc9cc(N(c%10ccccc%10)c%10ccccc%10)ccc9c8)cc7sc6c54)n3)cc2)cc1.